The van der Waals surface area contributed by atoms with Gasteiger partial charge in [0.05, 0.1) is 14.2 Å². The van der Waals surface area contributed by atoms with Crippen molar-refractivity contribution in [3.63, 3.8) is 0 Å². The highest BCUT2D eigenvalue weighted by Gasteiger charge is 2.13. The Balaban J connectivity index is 3.11. The molecule has 0 bridgehead atoms. The SMILES string of the molecule is CCC(N)Cc1c(OC)cc(C)cc1OC. The lowest BCUT2D eigenvalue weighted by molar-refractivity contribution is 0.381. The third kappa shape index (κ3) is 2.89. The van der Waals surface area contributed by atoms with Crippen LogP contribution in [0.5, 0.6) is 11.5 Å². The Kier molecular flexibility index (Phi) is 4.62. The lowest BCUT2D eigenvalue weighted by Crippen LogP contribution is -2.22. The summed E-state index contributed by atoms with van der Waals surface area (Å²) in [4.78, 5) is 0. The van der Waals surface area contributed by atoms with E-state index in [-0.39, 0.29) is 6.04 Å². The second-order valence-electron chi connectivity index (χ2n) is 4.02. The molecule has 3 heteroatoms. The molecule has 2 N–H and O–H groups in total. The first-order valence-corrected chi connectivity index (χ1v) is 5.59. The van der Waals surface area contributed by atoms with E-state index in [1.807, 2.05) is 19.1 Å². The van der Waals surface area contributed by atoms with E-state index in [0.717, 1.165) is 35.5 Å². The number of ether oxygens (including phenoxy) is 2. The summed E-state index contributed by atoms with van der Waals surface area (Å²) < 4.78 is 10.8. The van der Waals surface area contributed by atoms with Crippen molar-refractivity contribution in [2.75, 3.05) is 14.2 Å². The average Bonchev–Trinajstić information content (AvgIpc) is 2.30. The number of nitrogens with two attached hydrogens (primary N) is 1. The van der Waals surface area contributed by atoms with Gasteiger partial charge < -0.3 is 15.2 Å². The van der Waals surface area contributed by atoms with Gasteiger partial charge in [-0.05, 0) is 37.5 Å². The molecule has 1 aromatic carbocycles. The van der Waals surface area contributed by atoms with Gasteiger partial charge in [0.25, 0.3) is 0 Å². The van der Waals surface area contributed by atoms with E-state index in [2.05, 4.69) is 6.92 Å². The molecule has 1 aromatic rings. The molecule has 3 nitrogen and oxygen atoms in total. The molecule has 1 rings (SSSR count). The number of hydrogen-bond acceptors (Lipinski definition) is 3. The first kappa shape index (κ1) is 12.8. The second kappa shape index (κ2) is 5.75. The summed E-state index contributed by atoms with van der Waals surface area (Å²) in [5, 5.41) is 0. The lowest BCUT2D eigenvalue weighted by atomic mass is 10.0. The van der Waals surface area contributed by atoms with E-state index in [9.17, 15) is 0 Å². The molecule has 0 aliphatic rings. The fourth-order valence-electron chi connectivity index (χ4n) is 1.72. The maximum absolute atomic E-state index is 5.98. The highest BCUT2D eigenvalue weighted by molar-refractivity contribution is 5.48. The maximum Gasteiger partial charge on any atom is 0.126 e. The molecule has 0 aliphatic heterocycles. The zero-order valence-corrected chi connectivity index (χ0v) is 10.5. The van der Waals surface area contributed by atoms with Crippen LogP contribution in [0.4, 0.5) is 0 Å². The van der Waals surface area contributed by atoms with Crippen molar-refractivity contribution < 1.29 is 9.47 Å². The topological polar surface area (TPSA) is 44.5 Å². The Morgan fingerprint density at radius 1 is 1.19 bits per heavy atom. The third-order valence-electron chi connectivity index (χ3n) is 2.74. The van der Waals surface area contributed by atoms with Crippen LogP contribution in [0.2, 0.25) is 0 Å². The summed E-state index contributed by atoms with van der Waals surface area (Å²) in [5.74, 6) is 1.72. The van der Waals surface area contributed by atoms with Gasteiger partial charge in [-0.3, -0.25) is 0 Å². The van der Waals surface area contributed by atoms with Crippen LogP contribution < -0.4 is 15.2 Å². The second-order valence-corrected chi connectivity index (χ2v) is 4.02. The summed E-state index contributed by atoms with van der Waals surface area (Å²) in [6.45, 7) is 4.10. The molecule has 0 heterocycles. The fourth-order valence-corrected chi connectivity index (χ4v) is 1.72. The summed E-state index contributed by atoms with van der Waals surface area (Å²) >= 11 is 0. The Labute approximate surface area is 97.6 Å². The zero-order valence-electron chi connectivity index (χ0n) is 10.5. The molecule has 16 heavy (non-hydrogen) atoms. The van der Waals surface area contributed by atoms with Crippen LogP contribution in [0.3, 0.4) is 0 Å². The van der Waals surface area contributed by atoms with Crippen LogP contribution in [-0.4, -0.2) is 20.3 Å². The first-order valence-electron chi connectivity index (χ1n) is 5.59. The summed E-state index contributed by atoms with van der Waals surface area (Å²) in [6.07, 6.45) is 1.73. The van der Waals surface area contributed by atoms with Crippen LogP contribution in [-0.2, 0) is 6.42 Å². The highest BCUT2D eigenvalue weighted by Crippen LogP contribution is 2.31. The van der Waals surface area contributed by atoms with Gasteiger partial charge in [-0.1, -0.05) is 6.92 Å². The quantitative estimate of drug-likeness (QED) is 0.833. The standard InChI is InChI=1S/C13H21NO2/c1-5-10(14)8-11-12(15-3)6-9(2)7-13(11)16-4/h6-7,10H,5,8,14H2,1-4H3. The van der Waals surface area contributed by atoms with Crippen molar-refractivity contribution in [3.8, 4) is 11.5 Å². The Morgan fingerprint density at radius 3 is 2.06 bits per heavy atom. The van der Waals surface area contributed by atoms with Gasteiger partial charge in [0.2, 0.25) is 0 Å². The number of benzene rings is 1. The summed E-state index contributed by atoms with van der Waals surface area (Å²) in [5.41, 5.74) is 8.17. The van der Waals surface area contributed by atoms with Gasteiger partial charge >= 0.3 is 0 Å². The number of aryl methyl sites for hydroxylation is 1. The van der Waals surface area contributed by atoms with E-state index < -0.39 is 0 Å². The Bertz CT molecular complexity index is 325. The number of rotatable bonds is 5. The van der Waals surface area contributed by atoms with E-state index in [0.29, 0.717) is 0 Å². The number of hydrogen-bond donors (Lipinski definition) is 1. The molecule has 0 amide bonds. The van der Waals surface area contributed by atoms with E-state index in [1.54, 1.807) is 14.2 Å². The first-order chi connectivity index (χ1) is 7.62. The minimum Gasteiger partial charge on any atom is -0.496 e. The largest absolute Gasteiger partial charge is 0.496 e. The molecule has 0 aliphatic carbocycles. The lowest BCUT2D eigenvalue weighted by Gasteiger charge is -2.17. The van der Waals surface area contributed by atoms with Crippen molar-refractivity contribution in [2.45, 2.75) is 32.7 Å². The van der Waals surface area contributed by atoms with Crippen LogP contribution in [0.1, 0.15) is 24.5 Å². The maximum atomic E-state index is 5.98. The predicted molar refractivity (Wildman–Crippen MR) is 66.3 cm³/mol. The molecule has 0 spiro atoms. The zero-order chi connectivity index (χ0) is 12.1. The smallest absolute Gasteiger partial charge is 0.126 e. The monoisotopic (exact) mass is 223 g/mol. The van der Waals surface area contributed by atoms with Crippen molar-refractivity contribution >= 4 is 0 Å². The summed E-state index contributed by atoms with van der Waals surface area (Å²) in [7, 11) is 3.35. The third-order valence-corrected chi connectivity index (χ3v) is 2.74. The molecular weight excluding hydrogens is 202 g/mol. The minimum absolute atomic E-state index is 0.144. The van der Waals surface area contributed by atoms with Crippen molar-refractivity contribution in [1.29, 1.82) is 0 Å². The molecule has 0 saturated carbocycles. The van der Waals surface area contributed by atoms with E-state index in [4.69, 9.17) is 15.2 Å². The Hall–Kier alpha value is -1.22. The van der Waals surface area contributed by atoms with Crippen LogP contribution in [0.15, 0.2) is 12.1 Å². The van der Waals surface area contributed by atoms with Crippen LogP contribution >= 0.6 is 0 Å². The molecule has 1 unspecified atom stereocenters. The van der Waals surface area contributed by atoms with E-state index in [1.165, 1.54) is 0 Å². The molecule has 0 aromatic heterocycles. The van der Waals surface area contributed by atoms with Gasteiger partial charge in [0.15, 0.2) is 0 Å². The van der Waals surface area contributed by atoms with Gasteiger partial charge in [-0.25, -0.2) is 0 Å². The minimum atomic E-state index is 0.144. The molecule has 1 atom stereocenters. The van der Waals surface area contributed by atoms with Crippen molar-refractivity contribution in [3.05, 3.63) is 23.3 Å². The molecular formula is C13H21NO2. The Morgan fingerprint density at radius 2 is 1.69 bits per heavy atom. The molecule has 90 valence electrons. The average molecular weight is 223 g/mol. The number of methoxy groups -OCH3 is 2. The van der Waals surface area contributed by atoms with E-state index >= 15 is 0 Å². The van der Waals surface area contributed by atoms with Gasteiger partial charge in [0, 0.05) is 11.6 Å². The van der Waals surface area contributed by atoms with Crippen molar-refractivity contribution in [1.82, 2.24) is 0 Å². The molecule has 0 radical (unpaired) electrons. The molecule has 0 fully saturated rings. The predicted octanol–water partition coefficient (Wildman–Crippen LogP) is 2.29. The van der Waals surface area contributed by atoms with Gasteiger partial charge in [-0.2, -0.15) is 0 Å². The highest BCUT2D eigenvalue weighted by atomic mass is 16.5. The summed E-state index contributed by atoms with van der Waals surface area (Å²) in [6, 6.07) is 4.17. The van der Waals surface area contributed by atoms with Gasteiger partial charge in [-0.15, -0.1) is 0 Å². The fraction of sp³-hybridized carbons (Fsp3) is 0.538. The van der Waals surface area contributed by atoms with Gasteiger partial charge in [0.1, 0.15) is 11.5 Å². The molecule has 0 saturated heterocycles. The van der Waals surface area contributed by atoms with Crippen molar-refractivity contribution in [2.24, 2.45) is 5.73 Å². The normalized spacial score (nSPS) is 12.3. The van der Waals surface area contributed by atoms with Crippen LogP contribution in [0, 0.1) is 6.92 Å². The van der Waals surface area contributed by atoms with Crippen LogP contribution in [0.25, 0.3) is 0 Å².